The fourth-order valence-electron chi connectivity index (χ4n) is 2.65. The van der Waals surface area contributed by atoms with Crippen molar-refractivity contribution in [3.63, 3.8) is 0 Å². The largest absolute Gasteiger partial charge is 0.477 e. The summed E-state index contributed by atoms with van der Waals surface area (Å²) in [5, 5.41) is 17.0. The predicted octanol–water partition coefficient (Wildman–Crippen LogP) is 0.573. The molecule has 1 saturated heterocycles. The van der Waals surface area contributed by atoms with Crippen LogP contribution in [-0.2, 0) is 19.2 Å². The number of carbonyl (C=O) groups is 3. The van der Waals surface area contributed by atoms with Gasteiger partial charge in [-0.1, -0.05) is 16.8 Å². The second kappa shape index (κ2) is 11.7. The van der Waals surface area contributed by atoms with Crippen LogP contribution in [0.3, 0.4) is 0 Å². The molecule has 2 atom stereocenters. The lowest BCUT2D eigenvalue weighted by atomic mass is 10.0. The molecule has 0 radical (unpaired) electrons. The van der Waals surface area contributed by atoms with E-state index < -0.39 is 29.2 Å². The first-order chi connectivity index (χ1) is 13.8. The zero-order chi connectivity index (χ0) is 21.1. The molecule has 1 aromatic rings. The van der Waals surface area contributed by atoms with E-state index in [4.69, 9.17) is 27.9 Å². The fraction of sp³-hybridized carbons (Fsp3) is 0.400. The van der Waals surface area contributed by atoms with Gasteiger partial charge in [0.15, 0.2) is 10.8 Å². The van der Waals surface area contributed by atoms with E-state index in [0.29, 0.717) is 13.0 Å². The highest BCUT2D eigenvalue weighted by atomic mass is 35.5. The van der Waals surface area contributed by atoms with Gasteiger partial charge in [0.1, 0.15) is 29.4 Å². The third kappa shape index (κ3) is 5.73. The smallest absolute Gasteiger partial charge is 0.353 e. The van der Waals surface area contributed by atoms with E-state index in [1.165, 1.54) is 17.1 Å². The number of carboxylic acid groups (broad SMARTS) is 1. The summed E-state index contributed by atoms with van der Waals surface area (Å²) in [6.07, 6.45) is 0.539. The maximum Gasteiger partial charge on any atom is 0.353 e. The van der Waals surface area contributed by atoms with Gasteiger partial charge < -0.3 is 26.7 Å². The first-order valence-electron chi connectivity index (χ1n) is 8.34. The van der Waals surface area contributed by atoms with Crippen molar-refractivity contribution in [3.05, 3.63) is 21.8 Å². The van der Waals surface area contributed by atoms with Crippen LogP contribution in [0.5, 0.6) is 0 Å². The van der Waals surface area contributed by atoms with E-state index in [9.17, 15) is 19.5 Å². The van der Waals surface area contributed by atoms with Crippen LogP contribution in [0.2, 0.25) is 0 Å². The number of nitrogens with zero attached hydrogens (tertiary/aromatic N) is 3. The molecule has 172 valence electrons. The Kier molecular flexibility index (Phi) is 10.3. The Morgan fingerprint density at radius 3 is 2.74 bits per heavy atom. The zero-order valence-electron chi connectivity index (χ0n) is 15.6. The lowest BCUT2D eigenvalue weighted by molar-refractivity contribution is -0.150. The Balaban J connectivity index is 0.00000240. The number of nitrogen functional groups attached to an aromatic ring is 1. The van der Waals surface area contributed by atoms with Crippen LogP contribution in [0.4, 0.5) is 5.13 Å². The van der Waals surface area contributed by atoms with Crippen molar-refractivity contribution in [2.75, 3.05) is 24.6 Å². The number of amides is 2. The standard InChI is InChI=1S/C15H17ClN6O5S2.2ClH/c16-6-4-28-13-9(12(24)22(13)10(6)14(25)26)20-11(23)8(21-27-3-1-2-17)7-5-29-15(18)19-7;;/h5,9,13H,1-4,17H2,(H2,18,19)(H,20,23)(H,25,26);2*1H/t9?,13-;;/m0../s1. The molecule has 1 unspecified atom stereocenters. The number of thiazole rings is 1. The molecule has 2 aliphatic rings. The van der Waals surface area contributed by atoms with E-state index >= 15 is 0 Å². The summed E-state index contributed by atoms with van der Waals surface area (Å²) in [5.41, 5.74) is 10.8. The summed E-state index contributed by atoms with van der Waals surface area (Å²) < 4.78 is 0. The third-order valence-electron chi connectivity index (χ3n) is 3.99. The van der Waals surface area contributed by atoms with Crippen molar-refractivity contribution >= 4 is 88.1 Å². The van der Waals surface area contributed by atoms with Crippen molar-refractivity contribution < 1.29 is 24.3 Å². The van der Waals surface area contributed by atoms with E-state index in [1.807, 2.05) is 0 Å². The summed E-state index contributed by atoms with van der Waals surface area (Å²) >= 11 is 8.31. The van der Waals surface area contributed by atoms with E-state index in [0.717, 1.165) is 16.2 Å². The molecule has 3 rings (SSSR count). The molecular weight excluding hydrogens is 515 g/mol. The van der Waals surface area contributed by atoms with Gasteiger partial charge in [-0.3, -0.25) is 14.5 Å². The number of rotatable bonds is 8. The minimum absolute atomic E-state index is 0. The number of halogens is 3. The summed E-state index contributed by atoms with van der Waals surface area (Å²) in [6, 6.07) is -0.933. The Bertz CT molecular complexity index is 911. The lowest BCUT2D eigenvalue weighted by Crippen LogP contribution is -2.71. The first-order valence-corrected chi connectivity index (χ1v) is 10.6. The Hall–Kier alpha value is -1.77. The number of aliphatic carboxylic acids is 1. The minimum atomic E-state index is -1.30. The highest BCUT2D eigenvalue weighted by Gasteiger charge is 2.54. The molecule has 0 saturated carbocycles. The van der Waals surface area contributed by atoms with Crippen LogP contribution in [0.25, 0.3) is 0 Å². The van der Waals surface area contributed by atoms with Crippen molar-refractivity contribution in [3.8, 4) is 0 Å². The Labute approximate surface area is 202 Å². The zero-order valence-corrected chi connectivity index (χ0v) is 19.7. The molecule has 16 heteroatoms. The number of anilines is 1. The van der Waals surface area contributed by atoms with Gasteiger partial charge in [-0.15, -0.1) is 47.9 Å². The first kappa shape index (κ1) is 27.3. The highest BCUT2D eigenvalue weighted by molar-refractivity contribution is 8.00. The number of hydrogen-bond acceptors (Lipinski definition) is 10. The summed E-state index contributed by atoms with van der Waals surface area (Å²) in [7, 11) is 0. The molecular formula is C15H19Cl3N6O5S2. The number of aromatic nitrogens is 1. The number of fused-ring (bicyclic) bond motifs is 1. The number of β-lactam (4-membered cyclic amide) rings is 1. The molecule has 0 aromatic carbocycles. The average Bonchev–Trinajstić information content (AvgIpc) is 3.11. The fourth-order valence-corrected chi connectivity index (χ4v) is 4.75. The molecule has 2 aliphatic heterocycles. The molecule has 0 bridgehead atoms. The number of oxime groups is 1. The summed E-state index contributed by atoms with van der Waals surface area (Å²) in [6.45, 7) is 0.598. The Morgan fingerprint density at radius 1 is 1.45 bits per heavy atom. The van der Waals surface area contributed by atoms with Gasteiger partial charge in [0.25, 0.3) is 11.8 Å². The van der Waals surface area contributed by atoms with Crippen molar-refractivity contribution in [2.45, 2.75) is 17.8 Å². The Morgan fingerprint density at radius 2 is 2.16 bits per heavy atom. The predicted molar refractivity (Wildman–Crippen MR) is 123 cm³/mol. The van der Waals surface area contributed by atoms with Crippen LogP contribution in [0.1, 0.15) is 12.1 Å². The van der Waals surface area contributed by atoms with Gasteiger partial charge in [0.2, 0.25) is 0 Å². The summed E-state index contributed by atoms with van der Waals surface area (Å²) in [4.78, 5) is 46.9. The summed E-state index contributed by atoms with van der Waals surface area (Å²) in [5.74, 6) is -2.35. The van der Waals surface area contributed by atoms with Gasteiger partial charge in [-0.2, -0.15) is 0 Å². The molecule has 3 heterocycles. The van der Waals surface area contributed by atoms with Crippen molar-refractivity contribution in [2.24, 2.45) is 10.9 Å². The number of hydrogen-bond donors (Lipinski definition) is 4. The lowest BCUT2D eigenvalue weighted by Gasteiger charge is -2.48. The molecule has 6 N–H and O–H groups in total. The highest BCUT2D eigenvalue weighted by Crippen LogP contribution is 2.41. The van der Waals surface area contributed by atoms with Crippen LogP contribution < -0.4 is 16.8 Å². The third-order valence-corrected chi connectivity index (χ3v) is 6.41. The van der Waals surface area contributed by atoms with Gasteiger partial charge in [0.05, 0.1) is 5.03 Å². The van der Waals surface area contributed by atoms with Crippen LogP contribution >= 0.6 is 59.5 Å². The molecule has 11 nitrogen and oxygen atoms in total. The minimum Gasteiger partial charge on any atom is -0.477 e. The topological polar surface area (TPSA) is 173 Å². The SMILES string of the molecule is Cl.Cl.NCCCON=C(C(=O)NC1C(=O)N2C(C(=O)O)=C(Cl)CS[C@@H]12)c1csc(N)n1. The molecule has 31 heavy (non-hydrogen) atoms. The van der Waals surface area contributed by atoms with Crippen molar-refractivity contribution in [1.82, 2.24) is 15.2 Å². The quantitative estimate of drug-likeness (QED) is 0.161. The number of nitrogens with one attached hydrogen (secondary N) is 1. The molecule has 0 spiro atoms. The van der Waals surface area contributed by atoms with Crippen LogP contribution in [0, 0.1) is 0 Å². The monoisotopic (exact) mass is 532 g/mol. The van der Waals surface area contributed by atoms with E-state index in [1.54, 1.807) is 0 Å². The number of carboxylic acids is 1. The normalized spacial score (nSPS) is 20.1. The van der Waals surface area contributed by atoms with E-state index in [-0.39, 0.29) is 64.4 Å². The van der Waals surface area contributed by atoms with E-state index in [2.05, 4.69) is 15.5 Å². The van der Waals surface area contributed by atoms with Crippen molar-refractivity contribution in [1.29, 1.82) is 0 Å². The molecule has 0 aliphatic carbocycles. The maximum absolute atomic E-state index is 12.8. The van der Waals surface area contributed by atoms with Gasteiger partial charge in [0, 0.05) is 11.1 Å². The second-order valence-electron chi connectivity index (χ2n) is 5.91. The molecule has 1 aromatic heterocycles. The molecule has 1 fully saturated rings. The number of nitrogens with two attached hydrogens (primary N) is 2. The van der Waals surface area contributed by atoms with Gasteiger partial charge in [-0.25, -0.2) is 9.78 Å². The van der Waals surface area contributed by atoms with Gasteiger partial charge in [-0.05, 0) is 13.0 Å². The number of thioether (sulfide) groups is 1. The van der Waals surface area contributed by atoms with Crippen LogP contribution in [0.15, 0.2) is 21.3 Å². The second-order valence-corrected chi connectivity index (χ2v) is 8.36. The average molecular weight is 534 g/mol. The van der Waals surface area contributed by atoms with Crippen LogP contribution in [-0.4, -0.2) is 68.8 Å². The number of carbonyl (C=O) groups excluding carboxylic acids is 2. The molecule has 2 amide bonds. The van der Waals surface area contributed by atoms with Gasteiger partial charge >= 0.3 is 5.97 Å². The maximum atomic E-state index is 12.8.